The summed E-state index contributed by atoms with van der Waals surface area (Å²) < 4.78 is 5.79. The van der Waals surface area contributed by atoms with Gasteiger partial charge in [0.15, 0.2) is 0 Å². The van der Waals surface area contributed by atoms with Crippen LogP contribution in [0.2, 0.25) is 0 Å². The highest BCUT2D eigenvalue weighted by Gasteiger charge is 2.14. The van der Waals surface area contributed by atoms with Crippen LogP contribution in [0.25, 0.3) is 0 Å². The van der Waals surface area contributed by atoms with Gasteiger partial charge in [-0.15, -0.1) is 0 Å². The molecular weight excluding hydrogens is 346 g/mol. The third-order valence-electron chi connectivity index (χ3n) is 4.63. The van der Waals surface area contributed by atoms with Gasteiger partial charge in [0, 0.05) is 17.7 Å². The summed E-state index contributed by atoms with van der Waals surface area (Å²) in [5.41, 5.74) is 3.94. The third-order valence-corrected chi connectivity index (χ3v) is 4.63. The quantitative estimate of drug-likeness (QED) is 0.588. The molecule has 0 atom stereocenters. The van der Waals surface area contributed by atoms with E-state index < -0.39 is 0 Å². The molecule has 3 rings (SSSR count). The summed E-state index contributed by atoms with van der Waals surface area (Å²) in [5, 5.41) is 2.93. The van der Waals surface area contributed by atoms with Gasteiger partial charge in [0.2, 0.25) is 0 Å². The maximum absolute atomic E-state index is 12.4. The first-order valence-electron chi connectivity index (χ1n) is 9.60. The lowest BCUT2D eigenvalue weighted by atomic mass is 9.87. The summed E-state index contributed by atoms with van der Waals surface area (Å²) in [6.45, 7) is 7.10. The van der Waals surface area contributed by atoms with Crippen molar-refractivity contribution in [3.8, 4) is 5.75 Å². The summed E-state index contributed by atoms with van der Waals surface area (Å²) in [5.74, 6) is 0.682. The largest absolute Gasteiger partial charge is 0.493 e. The molecule has 0 saturated heterocycles. The van der Waals surface area contributed by atoms with E-state index in [0.29, 0.717) is 12.2 Å². The van der Waals surface area contributed by atoms with E-state index in [9.17, 15) is 4.79 Å². The average molecular weight is 373 g/mol. The SMILES string of the molecule is CC(C)(C)c1ccc(C(=O)Nc2ccc(OCCc3ccccc3)cc2)cc1. The maximum Gasteiger partial charge on any atom is 0.255 e. The lowest BCUT2D eigenvalue weighted by Crippen LogP contribution is -2.14. The van der Waals surface area contributed by atoms with Crippen LogP contribution in [0.15, 0.2) is 78.9 Å². The van der Waals surface area contributed by atoms with Crippen molar-refractivity contribution in [2.24, 2.45) is 0 Å². The molecule has 144 valence electrons. The Morgan fingerprint density at radius 2 is 1.50 bits per heavy atom. The van der Waals surface area contributed by atoms with E-state index in [0.717, 1.165) is 17.9 Å². The first kappa shape index (κ1) is 19.7. The fourth-order valence-corrected chi connectivity index (χ4v) is 2.89. The van der Waals surface area contributed by atoms with Gasteiger partial charge in [0.1, 0.15) is 5.75 Å². The minimum absolute atomic E-state index is 0.0748. The predicted octanol–water partition coefficient (Wildman–Crippen LogP) is 5.86. The van der Waals surface area contributed by atoms with Crippen LogP contribution in [0.3, 0.4) is 0 Å². The fraction of sp³-hybridized carbons (Fsp3) is 0.240. The van der Waals surface area contributed by atoms with E-state index in [1.807, 2.05) is 66.7 Å². The molecule has 1 amide bonds. The molecule has 0 aliphatic rings. The van der Waals surface area contributed by atoms with Crippen molar-refractivity contribution in [1.82, 2.24) is 0 Å². The molecule has 0 aromatic heterocycles. The van der Waals surface area contributed by atoms with Crippen LogP contribution in [0, 0.1) is 0 Å². The Kier molecular flexibility index (Phi) is 6.15. The summed E-state index contributed by atoms with van der Waals surface area (Å²) in [4.78, 5) is 12.4. The lowest BCUT2D eigenvalue weighted by molar-refractivity contribution is 0.102. The Morgan fingerprint density at radius 1 is 0.857 bits per heavy atom. The van der Waals surface area contributed by atoms with Gasteiger partial charge >= 0.3 is 0 Å². The van der Waals surface area contributed by atoms with Crippen LogP contribution in [-0.4, -0.2) is 12.5 Å². The van der Waals surface area contributed by atoms with E-state index in [1.165, 1.54) is 11.1 Å². The van der Waals surface area contributed by atoms with E-state index in [2.05, 4.69) is 38.2 Å². The Hall–Kier alpha value is -3.07. The van der Waals surface area contributed by atoms with Gasteiger partial charge < -0.3 is 10.1 Å². The van der Waals surface area contributed by atoms with Crippen molar-refractivity contribution in [3.63, 3.8) is 0 Å². The monoisotopic (exact) mass is 373 g/mol. The summed E-state index contributed by atoms with van der Waals surface area (Å²) in [6, 6.07) is 25.5. The topological polar surface area (TPSA) is 38.3 Å². The van der Waals surface area contributed by atoms with Crippen molar-refractivity contribution in [1.29, 1.82) is 0 Å². The van der Waals surface area contributed by atoms with Gasteiger partial charge in [-0.3, -0.25) is 4.79 Å². The van der Waals surface area contributed by atoms with E-state index >= 15 is 0 Å². The van der Waals surface area contributed by atoms with Gasteiger partial charge in [-0.25, -0.2) is 0 Å². The smallest absolute Gasteiger partial charge is 0.255 e. The van der Waals surface area contributed by atoms with Gasteiger partial charge in [-0.1, -0.05) is 63.2 Å². The predicted molar refractivity (Wildman–Crippen MR) is 115 cm³/mol. The number of anilines is 1. The molecule has 28 heavy (non-hydrogen) atoms. The second-order valence-electron chi connectivity index (χ2n) is 7.89. The lowest BCUT2D eigenvalue weighted by Gasteiger charge is -2.19. The highest BCUT2D eigenvalue weighted by molar-refractivity contribution is 6.04. The number of benzene rings is 3. The summed E-state index contributed by atoms with van der Waals surface area (Å²) >= 11 is 0. The number of carbonyl (C=O) groups is 1. The molecule has 3 aromatic rings. The first-order chi connectivity index (χ1) is 13.4. The normalized spacial score (nSPS) is 11.1. The third kappa shape index (κ3) is 5.46. The zero-order chi connectivity index (χ0) is 20.0. The molecule has 0 unspecified atom stereocenters. The number of carbonyl (C=O) groups excluding carboxylic acids is 1. The summed E-state index contributed by atoms with van der Waals surface area (Å²) in [7, 11) is 0. The van der Waals surface area contributed by atoms with E-state index in [1.54, 1.807) is 0 Å². The minimum atomic E-state index is -0.113. The Labute approximate surface area is 167 Å². The Balaban J connectivity index is 1.52. The van der Waals surface area contributed by atoms with Crippen LogP contribution in [0.4, 0.5) is 5.69 Å². The second-order valence-corrected chi connectivity index (χ2v) is 7.89. The van der Waals surface area contributed by atoms with Gasteiger partial charge in [0.05, 0.1) is 6.61 Å². The number of hydrogen-bond acceptors (Lipinski definition) is 2. The molecule has 3 heteroatoms. The van der Waals surface area contributed by atoms with Crippen molar-refractivity contribution in [2.45, 2.75) is 32.6 Å². The zero-order valence-corrected chi connectivity index (χ0v) is 16.7. The highest BCUT2D eigenvalue weighted by atomic mass is 16.5. The molecule has 0 heterocycles. The molecule has 3 nitrogen and oxygen atoms in total. The standard InChI is InChI=1S/C25H27NO2/c1-25(2,3)21-11-9-20(10-12-21)24(27)26-22-13-15-23(16-14-22)28-18-17-19-7-5-4-6-8-19/h4-16H,17-18H2,1-3H3,(H,26,27). The Morgan fingerprint density at radius 3 is 2.11 bits per heavy atom. The van der Waals surface area contributed by atoms with Gasteiger partial charge in [-0.2, -0.15) is 0 Å². The van der Waals surface area contributed by atoms with Gasteiger partial charge in [-0.05, 0) is 52.9 Å². The number of ether oxygens (including phenoxy) is 1. The van der Waals surface area contributed by atoms with Crippen LogP contribution in [0.5, 0.6) is 5.75 Å². The van der Waals surface area contributed by atoms with Crippen molar-refractivity contribution < 1.29 is 9.53 Å². The molecule has 0 fully saturated rings. The molecule has 0 spiro atoms. The molecule has 1 N–H and O–H groups in total. The van der Waals surface area contributed by atoms with Gasteiger partial charge in [0.25, 0.3) is 5.91 Å². The van der Waals surface area contributed by atoms with Crippen LogP contribution >= 0.6 is 0 Å². The van der Waals surface area contributed by atoms with E-state index in [4.69, 9.17) is 4.74 Å². The van der Waals surface area contributed by atoms with Crippen molar-refractivity contribution in [2.75, 3.05) is 11.9 Å². The first-order valence-corrected chi connectivity index (χ1v) is 9.60. The average Bonchev–Trinajstić information content (AvgIpc) is 2.69. The van der Waals surface area contributed by atoms with Crippen molar-refractivity contribution in [3.05, 3.63) is 95.6 Å². The van der Waals surface area contributed by atoms with Crippen LogP contribution < -0.4 is 10.1 Å². The molecule has 0 radical (unpaired) electrons. The molecule has 0 aliphatic carbocycles. The van der Waals surface area contributed by atoms with E-state index in [-0.39, 0.29) is 11.3 Å². The van der Waals surface area contributed by atoms with Crippen molar-refractivity contribution >= 4 is 11.6 Å². The zero-order valence-electron chi connectivity index (χ0n) is 16.7. The van der Waals surface area contributed by atoms with Crippen LogP contribution in [-0.2, 0) is 11.8 Å². The number of nitrogens with one attached hydrogen (secondary N) is 1. The highest BCUT2D eigenvalue weighted by Crippen LogP contribution is 2.23. The number of hydrogen-bond donors (Lipinski definition) is 1. The summed E-state index contributed by atoms with van der Waals surface area (Å²) in [6.07, 6.45) is 0.865. The Bertz CT molecular complexity index is 892. The fourth-order valence-electron chi connectivity index (χ4n) is 2.89. The number of amides is 1. The maximum atomic E-state index is 12.4. The minimum Gasteiger partial charge on any atom is -0.493 e. The van der Waals surface area contributed by atoms with Crippen LogP contribution in [0.1, 0.15) is 42.3 Å². The molecule has 0 aliphatic heterocycles. The number of rotatable bonds is 6. The molecular formula is C25H27NO2. The molecule has 0 saturated carbocycles. The molecule has 0 bridgehead atoms. The second kappa shape index (κ2) is 8.75. The molecule has 3 aromatic carbocycles.